The summed E-state index contributed by atoms with van der Waals surface area (Å²) in [7, 11) is 3.70. The second kappa shape index (κ2) is 6.26. The third kappa shape index (κ3) is 4.04. The highest BCUT2D eigenvalue weighted by atomic mass is 16.5. The van der Waals surface area contributed by atoms with E-state index in [1.807, 2.05) is 23.7 Å². The van der Waals surface area contributed by atoms with E-state index in [0.717, 1.165) is 23.5 Å². The topological polar surface area (TPSA) is 52.0 Å². The summed E-state index contributed by atoms with van der Waals surface area (Å²) in [6.07, 6.45) is 2.64. The van der Waals surface area contributed by atoms with Crippen molar-refractivity contribution in [2.75, 3.05) is 12.4 Å². The van der Waals surface area contributed by atoms with Gasteiger partial charge in [-0.25, -0.2) is 0 Å². The van der Waals surface area contributed by atoms with Crippen molar-refractivity contribution in [1.82, 2.24) is 14.8 Å². The molecular formula is C16H24N4O. The van der Waals surface area contributed by atoms with Gasteiger partial charge in [-0.2, -0.15) is 0 Å². The lowest BCUT2D eigenvalue weighted by molar-refractivity contribution is 0.0128. The van der Waals surface area contributed by atoms with Crippen LogP contribution in [-0.2, 0) is 11.8 Å². The summed E-state index contributed by atoms with van der Waals surface area (Å²) in [6.45, 7) is 6.36. The van der Waals surface area contributed by atoms with Gasteiger partial charge < -0.3 is 14.6 Å². The molecule has 1 aromatic heterocycles. The molecule has 0 aliphatic rings. The van der Waals surface area contributed by atoms with E-state index in [0.29, 0.717) is 6.04 Å². The van der Waals surface area contributed by atoms with Crippen molar-refractivity contribution < 1.29 is 4.74 Å². The third-order valence-corrected chi connectivity index (χ3v) is 3.60. The highest BCUT2D eigenvalue weighted by molar-refractivity contribution is 5.62. The minimum atomic E-state index is -0.131. The Kier molecular flexibility index (Phi) is 4.63. The average molecular weight is 288 g/mol. The number of aryl methyl sites for hydroxylation is 1. The number of anilines is 1. The average Bonchev–Trinajstić information content (AvgIpc) is 2.84. The molecule has 0 spiro atoms. The highest BCUT2D eigenvalue weighted by Crippen LogP contribution is 2.22. The van der Waals surface area contributed by atoms with Crippen LogP contribution in [0.15, 0.2) is 30.6 Å². The first-order valence-electron chi connectivity index (χ1n) is 7.17. The van der Waals surface area contributed by atoms with Crippen LogP contribution in [0.2, 0.25) is 0 Å². The second-order valence-corrected chi connectivity index (χ2v) is 6.06. The van der Waals surface area contributed by atoms with Gasteiger partial charge in [0.1, 0.15) is 6.33 Å². The zero-order valence-electron chi connectivity index (χ0n) is 13.4. The number of ether oxygens (including phenoxy) is 1. The van der Waals surface area contributed by atoms with E-state index >= 15 is 0 Å². The maximum absolute atomic E-state index is 5.48. The van der Waals surface area contributed by atoms with E-state index in [2.05, 4.69) is 48.4 Å². The molecule has 0 fully saturated rings. The fourth-order valence-electron chi connectivity index (χ4n) is 2.45. The van der Waals surface area contributed by atoms with Gasteiger partial charge in [-0.05, 0) is 39.3 Å². The van der Waals surface area contributed by atoms with E-state index in [-0.39, 0.29) is 5.60 Å². The van der Waals surface area contributed by atoms with Crippen molar-refractivity contribution in [3.8, 4) is 11.4 Å². The van der Waals surface area contributed by atoms with Crippen LogP contribution in [0.4, 0.5) is 5.69 Å². The first-order valence-corrected chi connectivity index (χ1v) is 7.17. The molecular weight excluding hydrogens is 264 g/mol. The number of rotatable bonds is 6. The lowest BCUT2D eigenvalue weighted by atomic mass is 9.99. The molecule has 1 N–H and O–H groups in total. The van der Waals surface area contributed by atoms with E-state index in [1.54, 1.807) is 13.4 Å². The summed E-state index contributed by atoms with van der Waals surface area (Å²) >= 11 is 0. The summed E-state index contributed by atoms with van der Waals surface area (Å²) in [5.74, 6) is 0.864. The quantitative estimate of drug-likeness (QED) is 0.887. The number of methoxy groups -OCH3 is 1. The molecule has 114 valence electrons. The Morgan fingerprint density at radius 2 is 2.14 bits per heavy atom. The molecule has 21 heavy (non-hydrogen) atoms. The van der Waals surface area contributed by atoms with E-state index in [4.69, 9.17) is 4.74 Å². The van der Waals surface area contributed by atoms with Crippen molar-refractivity contribution in [2.45, 2.75) is 38.8 Å². The summed E-state index contributed by atoms with van der Waals surface area (Å²) in [4.78, 5) is 0. The van der Waals surface area contributed by atoms with Crippen molar-refractivity contribution in [3.05, 3.63) is 30.6 Å². The third-order valence-electron chi connectivity index (χ3n) is 3.60. The van der Waals surface area contributed by atoms with Crippen LogP contribution in [0.1, 0.15) is 27.2 Å². The number of hydrogen-bond acceptors (Lipinski definition) is 4. The number of nitrogens with one attached hydrogen (secondary N) is 1. The molecule has 2 aromatic rings. The van der Waals surface area contributed by atoms with Crippen LogP contribution in [-0.4, -0.2) is 33.5 Å². The molecule has 5 heteroatoms. The second-order valence-electron chi connectivity index (χ2n) is 6.06. The zero-order valence-corrected chi connectivity index (χ0v) is 13.4. The van der Waals surface area contributed by atoms with Gasteiger partial charge in [0.05, 0.1) is 5.60 Å². The number of nitrogens with zero attached hydrogens (tertiary/aromatic N) is 3. The number of hydrogen-bond donors (Lipinski definition) is 1. The van der Waals surface area contributed by atoms with Gasteiger partial charge in [-0.1, -0.05) is 12.1 Å². The smallest absolute Gasteiger partial charge is 0.163 e. The van der Waals surface area contributed by atoms with Crippen LogP contribution in [0.3, 0.4) is 0 Å². The lowest BCUT2D eigenvalue weighted by Gasteiger charge is -2.27. The lowest BCUT2D eigenvalue weighted by Crippen LogP contribution is -2.31. The first kappa shape index (κ1) is 15.5. The van der Waals surface area contributed by atoms with Crippen LogP contribution >= 0.6 is 0 Å². The minimum absolute atomic E-state index is 0.131. The number of aromatic nitrogens is 3. The maximum Gasteiger partial charge on any atom is 0.163 e. The molecule has 0 aliphatic heterocycles. The normalized spacial score (nSPS) is 13.2. The van der Waals surface area contributed by atoms with Crippen LogP contribution in [0.5, 0.6) is 0 Å². The largest absolute Gasteiger partial charge is 0.382 e. The van der Waals surface area contributed by atoms with Crippen molar-refractivity contribution in [2.24, 2.45) is 7.05 Å². The van der Waals surface area contributed by atoms with Gasteiger partial charge in [0.25, 0.3) is 0 Å². The number of benzene rings is 1. The van der Waals surface area contributed by atoms with Crippen molar-refractivity contribution >= 4 is 5.69 Å². The molecule has 0 saturated carbocycles. The molecule has 1 heterocycles. The Hall–Kier alpha value is -1.88. The van der Waals surface area contributed by atoms with Gasteiger partial charge in [0.15, 0.2) is 5.82 Å². The zero-order chi connectivity index (χ0) is 15.5. The Morgan fingerprint density at radius 1 is 1.38 bits per heavy atom. The van der Waals surface area contributed by atoms with Gasteiger partial charge in [-0.3, -0.25) is 0 Å². The van der Waals surface area contributed by atoms with Crippen molar-refractivity contribution in [1.29, 1.82) is 0 Å². The Labute approximate surface area is 126 Å². The van der Waals surface area contributed by atoms with E-state index in [9.17, 15) is 0 Å². The van der Waals surface area contributed by atoms with Gasteiger partial charge >= 0.3 is 0 Å². The molecule has 0 aliphatic carbocycles. The molecule has 1 atom stereocenters. The molecule has 2 rings (SSSR count). The molecule has 0 amide bonds. The molecule has 1 aromatic carbocycles. The molecule has 0 radical (unpaired) electrons. The molecule has 5 nitrogen and oxygen atoms in total. The molecule has 1 unspecified atom stereocenters. The SMILES string of the molecule is COC(C)(C)CC(C)Nc1cccc(-c2nncn2C)c1. The maximum atomic E-state index is 5.48. The van der Waals surface area contributed by atoms with Gasteiger partial charge in [0, 0.05) is 31.5 Å². The van der Waals surface area contributed by atoms with Gasteiger partial charge in [0.2, 0.25) is 0 Å². The Morgan fingerprint density at radius 3 is 2.76 bits per heavy atom. The fourth-order valence-corrected chi connectivity index (χ4v) is 2.45. The fraction of sp³-hybridized carbons (Fsp3) is 0.500. The summed E-state index contributed by atoms with van der Waals surface area (Å²) < 4.78 is 7.40. The first-order chi connectivity index (χ1) is 9.91. The predicted octanol–water partition coefficient (Wildman–Crippen LogP) is 3.10. The van der Waals surface area contributed by atoms with Crippen molar-refractivity contribution in [3.63, 3.8) is 0 Å². The summed E-state index contributed by atoms with van der Waals surface area (Å²) in [5, 5.41) is 11.6. The van der Waals surface area contributed by atoms with E-state index < -0.39 is 0 Å². The standard InChI is InChI=1S/C16H24N4O/c1-12(10-16(2,3)21-5)18-14-8-6-7-13(9-14)15-19-17-11-20(15)4/h6-9,11-12,18H,10H2,1-5H3. The van der Waals surface area contributed by atoms with Gasteiger partial charge in [-0.15, -0.1) is 10.2 Å². The predicted molar refractivity (Wildman–Crippen MR) is 85.2 cm³/mol. The molecule has 0 saturated heterocycles. The van der Waals surface area contributed by atoms with Crippen LogP contribution in [0, 0.1) is 0 Å². The van der Waals surface area contributed by atoms with Crippen LogP contribution in [0.25, 0.3) is 11.4 Å². The van der Waals surface area contributed by atoms with E-state index in [1.165, 1.54) is 0 Å². The van der Waals surface area contributed by atoms with Crippen LogP contribution < -0.4 is 5.32 Å². The molecule has 0 bridgehead atoms. The minimum Gasteiger partial charge on any atom is -0.382 e. The Bertz CT molecular complexity index is 591. The summed E-state index contributed by atoms with van der Waals surface area (Å²) in [6, 6.07) is 8.55. The summed E-state index contributed by atoms with van der Waals surface area (Å²) in [5.41, 5.74) is 2.00. The monoisotopic (exact) mass is 288 g/mol. The Balaban J connectivity index is 2.10. The highest BCUT2D eigenvalue weighted by Gasteiger charge is 2.20.